The van der Waals surface area contributed by atoms with Gasteiger partial charge in [0.25, 0.3) is 0 Å². The van der Waals surface area contributed by atoms with Crippen LogP contribution >= 0.6 is 0 Å². The van der Waals surface area contributed by atoms with Crippen LogP contribution in [0.2, 0.25) is 0 Å². The molecular formula is C23H22Cl2Zr-2. The second-order valence-electron chi connectivity index (χ2n) is 6.43. The Balaban J connectivity index is 0.000000255. The van der Waals surface area contributed by atoms with Crippen molar-refractivity contribution in [2.75, 3.05) is 0 Å². The van der Waals surface area contributed by atoms with Crippen molar-refractivity contribution in [1.29, 1.82) is 0 Å². The molecule has 3 aromatic rings. The summed E-state index contributed by atoms with van der Waals surface area (Å²) in [7, 11) is 0. The Labute approximate surface area is 183 Å². The van der Waals surface area contributed by atoms with Crippen LogP contribution in [-0.2, 0) is 24.2 Å². The van der Waals surface area contributed by atoms with Crippen molar-refractivity contribution in [3.8, 4) is 0 Å². The van der Waals surface area contributed by atoms with E-state index in [9.17, 15) is 0 Å². The van der Waals surface area contributed by atoms with Crippen LogP contribution in [0.3, 0.4) is 0 Å². The molecule has 0 aromatic heterocycles. The quantitative estimate of drug-likeness (QED) is 0.419. The minimum atomic E-state index is 0. The summed E-state index contributed by atoms with van der Waals surface area (Å²) in [5, 5.41) is 5.46. The SMILES string of the molecule is Cc1ccc2[cH-]c3ccc(C)cc3c2c1.[C-]1=CC=CC1.[Cl-].[Cl-].[Zr+2]=[C]1CC1. The Hall–Kier alpha value is -0.877. The van der Waals surface area contributed by atoms with Gasteiger partial charge < -0.3 is 24.8 Å². The van der Waals surface area contributed by atoms with Gasteiger partial charge in [-0.3, -0.25) is 6.08 Å². The molecule has 1 fully saturated rings. The van der Waals surface area contributed by atoms with Crippen LogP contribution in [0, 0.1) is 19.9 Å². The first kappa shape index (κ1) is 23.2. The molecule has 0 unspecified atom stereocenters. The van der Waals surface area contributed by atoms with Crippen molar-refractivity contribution in [2.24, 2.45) is 0 Å². The van der Waals surface area contributed by atoms with E-state index >= 15 is 0 Å². The molecule has 0 spiro atoms. The number of halogens is 2. The summed E-state index contributed by atoms with van der Waals surface area (Å²) in [5.74, 6) is 0. The predicted octanol–water partition coefficient (Wildman–Crippen LogP) is 0.142. The molecule has 0 aliphatic heterocycles. The second kappa shape index (κ2) is 11.1. The van der Waals surface area contributed by atoms with E-state index in [1.165, 1.54) is 45.5 Å². The number of hydrogen-bond donors (Lipinski definition) is 0. The topological polar surface area (TPSA) is 0 Å². The van der Waals surface area contributed by atoms with Gasteiger partial charge in [-0.15, -0.1) is 46.2 Å². The zero-order chi connectivity index (χ0) is 16.9. The Morgan fingerprint density at radius 2 is 1.38 bits per heavy atom. The average molecular weight is 461 g/mol. The molecule has 0 N–H and O–H groups in total. The number of allylic oxidation sites excluding steroid dienone is 4. The summed E-state index contributed by atoms with van der Waals surface area (Å²) in [6, 6.07) is 15.6. The molecule has 1 saturated carbocycles. The third-order valence-corrected chi connectivity index (χ3v) is 5.33. The molecule has 26 heavy (non-hydrogen) atoms. The van der Waals surface area contributed by atoms with Crippen LogP contribution in [-0.4, -0.2) is 3.21 Å². The molecule has 3 aromatic carbocycles. The van der Waals surface area contributed by atoms with E-state index in [2.05, 4.69) is 68.5 Å². The first-order valence-electron chi connectivity index (χ1n) is 8.48. The van der Waals surface area contributed by atoms with E-state index in [1.54, 1.807) is 27.4 Å². The normalized spacial score (nSPS) is 13.3. The Bertz CT molecular complexity index is 860. The number of benzene rings is 2. The van der Waals surface area contributed by atoms with Gasteiger partial charge in [0.05, 0.1) is 0 Å². The summed E-state index contributed by atoms with van der Waals surface area (Å²) in [6.07, 6.45) is 12.9. The molecule has 0 nitrogen and oxygen atoms in total. The third-order valence-electron chi connectivity index (χ3n) is 4.10. The molecule has 0 atom stereocenters. The fourth-order valence-electron chi connectivity index (χ4n) is 2.63. The summed E-state index contributed by atoms with van der Waals surface area (Å²) in [5.41, 5.74) is 2.66. The molecule has 0 radical (unpaired) electrons. The van der Waals surface area contributed by atoms with Crippen LogP contribution < -0.4 is 24.8 Å². The molecule has 3 heteroatoms. The first-order chi connectivity index (χ1) is 11.6. The monoisotopic (exact) mass is 458 g/mol. The molecular weight excluding hydrogens is 438 g/mol. The van der Waals surface area contributed by atoms with Crippen molar-refractivity contribution in [3.63, 3.8) is 0 Å². The minimum absolute atomic E-state index is 0. The number of hydrogen-bond acceptors (Lipinski definition) is 0. The van der Waals surface area contributed by atoms with E-state index < -0.39 is 0 Å². The van der Waals surface area contributed by atoms with E-state index in [0.717, 1.165) is 6.42 Å². The Morgan fingerprint density at radius 3 is 1.69 bits per heavy atom. The van der Waals surface area contributed by atoms with Gasteiger partial charge in [-0.25, -0.2) is 12.2 Å². The number of rotatable bonds is 0. The molecule has 0 amide bonds. The zero-order valence-electron chi connectivity index (χ0n) is 15.2. The zero-order valence-corrected chi connectivity index (χ0v) is 19.1. The van der Waals surface area contributed by atoms with Crippen LogP contribution in [0.5, 0.6) is 0 Å². The van der Waals surface area contributed by atoms with E-state index in [1.807, 2.05) is 12.2 Å². The molecule has 0 heterocycles. The number of aryl methyl sites for hydroxylation is 2. The van der Waals surface area contributed by atoms with Crippen molar-refractivity contribution in [1.82, 2.24) is 0 Å². The van der Waals surface area contributed by atoms with Gasteiger partial charge in [-0.1, -0.05) is 35.4 Å². The fraction of sp³-hybridized carbons (Fsp3) is 0.217. The van der Waals surface area contributed by atoms with Gasteiger partial charge in [0.2, 0.25) is 0 Å². The first-order valence-corrected chi connectivity index (χ1v) is 9.71. The van der Waals surface area contributed by atoms with E-state index in [0.29, 0.717) is 0 Å². The predicted molar refractivity (Wildman–Crippen MR) is 102 cm³/mol. The molecule has 134 valence electrons. The van der Waals surface area contributed by atoms with Gasteiger partial charge in [-0.2, -0.15) is 6.08 Å². The van der Waals surface area contributed by atoms with Crippen LogP contribution in [0.1, 0.15) is 30.4 Å². The standard InChI is InChI=1S/C15H13.C5H5.C3H4.2ClH.Zr/c1-10-3-5-12-9-13-6-4-11(2)8-15(13)14(12)7-10;1-2-4-5-3-1;1-2-3-1;;;/h3-9H,1-2H3;1-3H,4H2;1-2H2;2*1H;/q2*-1;;;;+2/p-2. The summed E-state index contributed by atoms with van der Waals surface area (Å²) in [4.78, 5) is 0. The van der Waals surface area contributed by atoms with Crippen molar-refractivity contribution >= 4 is 24.8 Å². The van der Waals surface area contributed by atoms with Gasteiger partial charge in [-0.05, 0) is 13.8 Å². The maximum absolute atomic E-state index is 2.99. The van der Waals surface area contributed by atoms with Crippen molar-refractivity contribution in [3.05, 3.63) is 77.9 Å². The van der Waals surface area contributed by atoms with Gasteiger partial charge >= 0.3 is 40.3 Å². The van der Waals surface area contributed by atoms with E-state index in [-0.39, 0.29) is 24.8 Å². The average Bonchev–Trinajstić information content (AvgIpc) is 3.07. The molecule has 2 aliphatic rings. The Morgan fingerprint density at radius 1 is 0.885 bits per heavy atom. The number of fused-ring (bicyclic) bond motifs is 3. The van der Waals surface area contributed by atoms with E-state index in [4.69, 9.17) is 0 Å². The summed E-state index contributed by atoms with van der Waals surface area (Å²) >= 11 is 1.66. The summed E-state index contributed by atoms with van der Waals surface area (Å²) in [6.45, 7) is 4.29. The fourth-order valence-corrected chi connectivity index (χ4v) is 2.94. The molecule has 5 rings (SSSR count). The van der Waals surface area contributed by atoms with Crippen LogP contribution in [0.25, 0.3) is 21.5 Å². The van der Waals surface area contributed by atoms with Crippen LogP contribution in [0.4, 0.5) is 0 Å². The Kier molecular flexibility index (Phi) is 9.87. The molecule has 0 bridgehead atoms. The third kappa shape index (κ3) is 6.69. The van der Waals surface area contributed by atoms with Gasteiger partial charge in [0.15, 0.2) is 0 Å². The molecule has 2 aliphatic carbocycles. The van der Waals surface area contributed by atoms with Crippen molar-refractivity contribution < 1.29 is 49.0 Å². The maximum atomic E-state index is 2.99. The van der Waals surface area contributed by atoms with Gasteiger partial charge in [0.1, 0.15) is 0 Å². The van der Waals surface area contributed by atoms with Crippen molar-refractivity contribution in [2.45, 2.75) is 33.1 Å². The molecule has 0 saturated heterocycles. The van der Waals surface area contributed by atoms with Crippen LogP contribution in [0.15, 0.2) is 60.7 Å². The summed E-state index contributed by atoms with van der Waals surface area (Å²) < 4.78 is 1.76. The van der Waals surface area contributed by atoms with Gasteiger partial charge in [0, 0.05) is 0 Å². The second-order valence-corrected chi connectivity index (χ2v) is 8.17.